The Balaban J connectivity index is 1.95. The van der Waals surface area contributed by atoms with Crippen molar-refractivity contribution in [1.82, 2.24) is 0 Å². The van der Waals surface area contributed by atoms with Crippen LogP contribution in [0.25, 0.3) is 0 Å². The Hall–Kier alpha value is -2.69. The molecule has 0 bridgehead atoms. The van der Waals surface area contributed by atoms with Gasteiger partial charge in [0.15, 0.2) is 6.10 Å². The summed E-state index contributed by atoms with van der Waals surface area (Å²) < 4.78 is 18.1. The van der Waals surface area contributed by atoms with E-state index in [9.17, 15) is 14.0 Å². The lowest BCUT2D eigenvalue weighted by Gasteiger charge is -2.18. The van der Waals surface area contributed by atoms with E-state index in [1.54, 1.807) is 0 Å². The molecule has 4 nitrogen and oxygen atoms in total. The van der Waals surface area contributed by atoms with Crippen molar-refractivity contribution in [3.8, 4) is 0 Å². The van der Waals surface area contributed by atoms with Crippen molar-refractivity contribution in [2.24, 2.45) is 0 Å². The summed E-state index contributed by atoms with van der Waals surface area (Å²) in [5.41, 5.74) is 2.41. The van der Waals surface area contributed by atoms with Crippen molar-refractivity contribution < 1.29 is 18.7 Å². The molecule has 2 atom stereocenters. The van der Waals surface area contributed by atoms with Crippen LogP contribution in [0.15, 0.2) is 48.5 Å². The summed E-state index contributed by atoms with van der Waals surface area (Å²) in [6, 6.07) is 13.2. The zero-order valence-corrected chi connectivity index (χ0v) is 15.3. The van der Waals surface area contributed by atoms with Gasteiger partial charge in [-0.1, -0.05) is 44.2 Å². The minimum Gasteiger partial charge on any atom is -0.452 e. The smallest absolute Gasteiger partial charge is 0.311 e. The Morgan fingerprint density at radius 1 is 1.08 bits per heavy atom. The maximum atomic E-state index is 12.9. The number of carbonyl (C=O) groups is 2. The first-order valence-electron chi connectivity index (χ1n) is 8.74. The van der Waals surface area contributed by atoms with Gasteiger partial charge in [0, 0.05) is 5.69 Å². The summed E-state index contributed by atoms with van der Waals surface area (Å²) in [4.78, 5) is 24.4. The Labute approximate surface area is 153 Å². The second-order valence-electron chi connectivity index (χ2n) is 6.32. The molecule has 1 N–H and O–H groups in total. The molecule has 0 fully saturated rings. The van der Waals surface area contributed by atoms with Crippen LogP contribution in [0.1, 0.15) is 44.2 Å². The third-order valence-corrected chi connectivity index (χ3v) is 4.30. The van der Waals surface area contributed by atoms with Gasteiger partial charge in [-0.15, -0.1) is 0 Å². The molecule has 2 aromatic carbocycles. The van der Waals surface area contributed by atoms with Crippen molar-refractivity contribution in [1.29, 1.82) is 0 Å². The Morgan fingerprint density at radius 3 is 2.38 bits per heavy atom. The number of hydrogen-bond donors (Lipinski definition) is 1. The molecule has 5 heteroatoms. The second-order valence-corrected chi connectivity index (χ2v) is 6.32. The van der Waals surface area contributed by atoms with Crippen molar-refractivity contribution in [3.63, 3.8) is 0 Å². The lowest BCUT2D eigenvalue weighted by molar-refractivity contribution is -0.152. The number of esters is 1. The molecule has 138 valence electrons. The van der Waals surface area contributed by atoms with Crippen LogP contribution in [-0.4, -0.2) is 18.0 Å². The highest BCUT2D eigenvalue weighted by molar-refractivity contribution is 5.95. The van der Waals surface area contributed by atoms with E-state index in [2.05, 4.69) is 19.2 Å². The van der Waals surface area contributed by atoms with Gasteiger partial charge in [-0.2, -0.15) is 0 Å². The van der Waals surface area contributed by atoms with Crippen LogP contribution in [0.2, 0.25) is 0 Å². The molecule has 0 saturated heterocycles. The Kier molecular flexibility index (Phi) is 6.89. The Morgan fingerprint density at radius 2 is 1.73 bits per heavy atom. The third-order valence-electron chi connectivity index (χ3n) is 4.30. The first-order valence-corrected chi connectivity index (χ1v) is 8.74. The summed E-state index contributed by atoms with van der Waals surface area (Å²) in [5, 5.41) is 2.84. The van der Waals surface area contributed by atoms with Crippen LogP contribution in [-0.2, 0) is 20.7 Å². The number of benzene rings is 2. The SMILES string of the molecule is CC[C@@H](C)c1ccccc1NC(=O)[C@@H](C)OC(=O)Cc1ccc(F)cc1. The number of rotatable bonds is 7. The van der Waals surface area contributed by atoms with E-state index < -0.39 is 12.1 Å². The van der Waals surface area contributed by atoms with E-state index in [1.807, 2.05) is 24.3 Å². The van der Waals surface area contributed by atoms with E-state index >= 15 is 0 Å². The number of hydrogen-bond acceptors (Lipinski definition) is 3. The maximum absolute atomic E-state index is 12.9. The molecule has 2 aromatic rings. The lowest BCUT2D eigenvalue weighted by Crippen LogP contribution is -2.30. The fourth-order valence-corrected chi connectivity index (χ4v) is 2.56. The van der Waals surface area contributed by atoms with Crippen LogP contribution in [0, 0.1) is 5.82 Å². The molecule has 0 radical (unpaired) electrons. The summed E-state index contributed by atoms with van der Waals surface area (Å²) in [6.45, 7) is 5.71. The molecule has 26 heavy (non-hydrogen) atoms. The zero-order chi connectivity index (χ0) is 19.1. The number of carbonyl (C=O) groups excluding carboxylic acids is 2. The standard InChI is InChI=1S/C21H24FNO3/c1-4-14(2)18-7-5-6-8-19(18)23-21(25)15(3)26-20(24)13-16-9-11-17(22)12-10-16/h5-12,14-15H,4,13H2,1-3H3,(H,23,25)/t14-,15-/m1/s1. The summed E-state index contributed by atoms with van der Waals surface area (Å²) >= 11 is 0. The number of para-hydroxylation sites is 1. The third kappa shape index (κ3) is 5.41. The normalized spacial score (nSPS) is 12.9. The first-order chi connectivity index (χ1) is 12.4. The van der Waals surface area contributed by atoms with E-state index in [4.69, 9.17) is 4.74 Å². The maximum Gasteiger partial charge on any atom is 0.311 e. The fraction of sp³-hybridized carbons (Fsp3) is 0.333. The minimum atomic E-state index is -0.923. The van der Waals surface area contributed by atoms with E-state index in [0.29, 0.717) is 11.5 Å². The molecule has 0 aliphatic heterocycles. The lowest BCUT2D eigenvalue weighted by atomic mass is 9.97. The molecular weight excluding hydrogens is 333 g/mol. The highest BCUT2D eigenvalue weighted by Gasteiger charge is 2.20. The fourth-order valence-electron chi connectivity index (χ4n) is 2.56. The average molecular weight is 357 g/mol. The van der Waals surface area contributed by atoms with Gasteiger partial charge in [-0.25, -0.2) is 4.39 Å². The second kappa shape index (κ2) is 9.13. The van der Waals surface area contributed by atoms with Gasteiger partial charge in [0.2, 0.25) is 0 Å². The number of halogens is 1. The number of amides is 1. The Bertz CT molecular complexity index is 758. The van der Waals surface area contributed by atoms with Gasteiger partial charge in [-0.3, -0.25) is 9.59 Å². The minimum absolute atomic E-state index is 0.0125. The van der Waals surface area contributed by atoms with Crippen molar-refractivity contribution in [2.75, 3.05) is 5.32 Å². The summed E-state index contributed by atoms with van der Waals surface area (Å²) in [5.74, 6) is -0.972. The van der Waals surface area contributed by atoms with Gasteiger partial charge < -0.3 is 10.1 Å². The zero-order valence-electron chi connectivity index (χ0n) is 15.3. The van der Waals surface area contributed by atoms with Crippen LogP contribution in [0.4, 0.5) is 10.1 Å². The topological polar surface area (TPSA) is 55.4 Å². The highest BCUT2D eigenvalue weighted by atomic mass is 19.1. The molecule has 2 rings (SSSR count). The van der Waals surface area contributed by atoms with Gasteiger partial charge >= 0.3 is 5.97 Å². The van der Waals surface area contributed by atoms with Gasteiger partial charge in [-0.05, 0) is 48.6 Å². The molecule has 0 spiro atoms. The van der Waals surface area contributed by atoms with Crippen LogP contribution < -0.4 is 5.32 Å². The number of nitrogens with one attached hydrogen (secondary N) is 1. The quantitative estimate of drug-likeness (QED) is 0.745. The molecule has 0 saturated carbocycles. The van der Waals surface area contributed by atoms with E-state index in [1.165, 1.54) is 31.2 Å². The van der Waals surface area contributed by atoms with Crippen LogP contribution in [0.5, 0.6) is 0 Å². The van der Waals surface area contributed by atoms with Gasteiger partial charge in [0.25, 0.3) is 5.91 Å². The predicted molar refractivity (Wildman–Crippen MR) is 99.4 cm³/mol. The molecule has 0 aliphatic carbocycles. The highest BCUT2D eigenvalue weighted by Crippen LogP contribution is 2.26. The summed E-state index contributed by atoms with van der Waals surface area (Å²) in [7, 11) is 0. The molecule has 1 amide bonds. The average Bonchev–Trinajstić information content (AvgIpc) is 2.63. The predicted octanol–water partition coefficient (Wildman–Crippen LogP) is 4.45. The van der Waals surface area contributed by atoms with Gasteiger partial charge in [0.05, 0.1) is 6.42 Å². The van der Waals surface area contributed by atoms with Crippen molar-refractivity contribution >= 4 is 17.6 Å². The number of anilines is 1. The van der Waals surface area contributed by atoms with E-state index in [-0.39, 0.29) is 18.1 Å². The van der Waals surface area contributed by atoms with Crippen LogP contribution >= 0.6 is 0 Å². The van der Waals surface area contributed by atoms with Gasteiger partial charge in [0.1, 0.15) is 5.82 Å². The molecular formula is C21H24FNO3. The summed E-state index contributed by atoms with van der Waals surface area (Å²) in [6.07, 6.45) is 0.0177. The first kappa shape index (κ1) is 19.6. The molecule has 0 heterocycles. The monoisotopic (exact) mass is 357 g/mol. The molecule has 0 unspecified atom stereocenters. The van der Waals surface area contributed by atoms with Crippen LogP contribution in [0.3, 0.4) is 0 Å². The largest absolute Gasteiger partial charge is 0.452 e. The molecule has 0 aromatic heterocycles. The number of ether oxygens (including phenoxy) is 1. The van der Waals surface area contributed by atoms with Crippen molar-refractivity contribution in [2.45, 2.75) is 45.6 Å². The molecule has 0 aliphatic rings. The van der Waals surface area contributed by atoms with E-state index in [0.717, 1.165) is 17.7 Å². The van der Waals surface area contributed by atoms with Crippen molar-refractivity contribution in [3.05, 3.63) is 65.5 Å².